The van der Waals surface area contributed by atoms with Gasteiger partial charge in [-0.1, -0.05) is 18.2 Å². The first-order valence-corrected chi connectivity index (χ1v) is 6.71. The van der Waals surface area contributed by atoms with E-state index in [2.05, 4.69) is 55.3 Å². The van der Waals surface area contributed by atoms with Gasteiger partial charge < -0.3 is 15.3 Å². The van der Waals surface area contributed by atoms with Gasteiger partial charge in [-0.15, -0.1) is 0 Å². The van der Waals surface area contributed by atoms with Crippen molar-refractivity contribution in [2.24, 2.45) is 0 Å². The number of rotatable bonds is 3. The van der Waals surface area contributed by atoms with Gasteiger partial charge >= 0.3 is 0 Å². The van der Waals surface area contributed by atoms with Crippen molar-refractivity contribution in [3.8, 4) is 0 Å². The summed E-state index contributed by atoms with van der Waals surface area (Å²) in [5, 5.41) is 12.8. The largest absolute Gasteiger partial charge is 0.396 e. The van der Waals surface area contributed by atoms with Crippen molar-refractivity contribution in [1.82, 2.24) is 5.32 Å². The molecule has 1 fully saturated rings. The maximum absolute atomic E-state index is 9.14. The van der Waals surface area contributed by atoms with E-state index in [-0.39, 0.29) is 12.1 Å². The maximum atomic E-state index is 9.14. The summed E-state index contributed by atoms with van der Waals surface area (Å²) in [5.41, 5.74) is 2.72. The van der Waals surface area contributed by atoms with E-state index in [9.17, 15) is 0 Å². The Hall–Kier alpha value is -1.06. The quantitative estimate of drug-likeness (QED) is 0.858. The predicted molar refractivity (Wildman–Crippen MR) is 76.1 cm³/mol. The Morgan fingerprint density at radius 2 is 2.11 bits per heavy atom. The van der Waals surface area contributed by atoms with Crippen LogP contribution in [0.25, 0.3) is 0 Å². The van der Waals surface area contributed by atoms with Crippen molar-refractivity contribution in [3.63, 3.8) is 0 Å². The van der Waals surface area contributed by atoms with Crippen LogP contribution in [0.5, 0.6) is 0 Å². The minimum Gasteiger partial charge on any atom is -0.396 e. The lowest BCUT2D eigenvalue weighted by molar-refractivity contribution is 0.224. The van der Waals surface area contributed by atoms with Crippen LogP contribution in [0.15, 0.2) is 24.3 Å². The fourth-order valence-electron chi connectivity index (χ4n) is 2.87. The third-order valence-electron chi connectivity index (χ3n) is 3.56. The average Bonchev–Trinajstić information content (AvgIpc) is 2.27. The Balaban J connectivity index is 2.20. The second kappa shape index (κ2) is 5.29. The molecule has 0 saturated carbocycles. The number of hydrogen-bond donors (Lipinski definition) is 2. The molecule has 1 heterocycles. The monoisotopic (exact) mass is 248 g/mol. The van der Waals surface area contributed by atoms with Crippen LogP contribution >= 0.6 is 0 Å². The van der Waals surface area contributed by atoms with Gasteiger partial charge in [-0.25, -0.2) is 0 Å². The molecule has 1 aromatic carbocycles. The van der Waals surface area contributed by atoms with E-state index < -0.39 is 0 Å². The molecule has 100 valence electrons. The van der Waals surface area contributed by atoms with Crippen LogP contribution in [0.2, 0.25) is 0 Å². The fourth-order valence-corrected chi connectivity index (χ4v) is 2.87. The lowest BCUT2D eigenvalue weighted by Gasteiger charge is -2.45. The summed E-state index contributed by atoms with van der Waals surface area (Å²) in [5.74, 6) is 0. The number of benzene rings is 1. The van der Waals surface area contributed by atoms with E-state index in [0.717, 1.165) is 19.5 Å². The number of aryl methyl sites for hydroxylation is 1. The van der Waals surface area contributed by atoms with E-state index in [1.165, 1.54) is 11.3 Å². The molecule has 0 bridgehead atoms. The van der Waals surface area contributed by atoms with Gasteiger partial charge in [0.2, 0.25) is 0 Å². The van der Waals surface area contributed by atoms with Crippen LogP contribution in [-0.2, 0) is 0 Å². The molecule has 1 unspecified atom stereocenters. The highest BCUT2D eigenvalue weighted by Crippen LogP contribution is 2.25. The molecule has 1 saturated heterocycles. The number of piperazine rings is 1. The Bertz CT molecular complexity index is 403. The molecule has 2 rings (SSSR count). The van der Waals surface area contributed by atoms with Gasteiger partial charge in [0.1, 0.15) is 0 Å². The molecule has 3 nitrogen and oxygen atoms in total. The number of nitrogens with one attached hydrogen (secondary N) is 1. The first kappa shape index (κ1) is 13.4. The molecule has 0 spiro atoms. The highest BCUT2D eigenvalue weighted by Gasteiger charge is 2.31. The fraction of sp³-hybridized carbons (Fsp3) is 0.600. The molecule has 0 aromatic heterocycles. The van der Waals surface area contributed by atoms with E-state index in [0.29, 0.717) is 6.04 Å². The van der Waals surface area contributed by atoms with Crippen molar-refractivity contribution < 1.29 is 5.11 Å². The van der Waals surface area contributed by atoms with Crippen molar-refractivity contribution in [1.29, 1.82) is 0 Å². The number of aliphatic hydroxyl groups excluding tert-OH is 1. The summed E-state index contributed by atoms with van der Waals surface area (Å²) in [6, 6.07) is 8.88. The molecule has 0 amide bonds. The molecule has 1 aliphatic heterocycles. The van der Waals surface area contributed by atoms with Crippen molar-refractivity contribution >= 4 is 5.69 Å². The summed E-state index contributed by atoms with van der Waals surface area (Å²) in [6.45, 7) is 8.82. The topological polar surface area (TPSA) is 35.5 Å². The minimum absolute atomic E-state index is 0.0837. The lowest BCUT2D eigenvalue weighted by Crippen LogP contribution is -2.62. The molecule has 18 heavy (non-hydrogen) atoms. The number of aliphatic hydroxyl groups is 1. The van der Waals surface area contributed by atoms with E-state index in [1.807, 2.05) is 0 Å². The highest BCUT2D eigenvalue weighted by atomic mass is 16.3. The number of nitrogens with zero attached hydrogens (tertiary/aromatic N) is 1. The van der Waals surface area contributed by atoms with Crippen LogP contribution in [0.3, 0.4) is 0 Å². The Morgan fingerprint density at radius 3 is 2.78 bits per heavy atom. The second-order valence-corrected chi connectivity index (χ2v) is 5.90. The molecule has 0 aliphatic carbocycles. The zero-order valence-electron chi connectivity index (χ0n) is 11.6. The zero-order valence-corrected chi connectivity index (χ0v) is 11.6. The summed E-state index contributed by atoms with van der Waals surface area (Å²) >= 11 is 0. The van der Waals surface area contributed by atoms with Crippen LogP contribution in [0.4, 0.5) is 5.69 Å². The van der Waals surface area contributed by atoms with E-state index in [1.54, 1.807) is 0 Å². The number of para-hydroxylation sites is 1. The van der Waals surface area contributed by atoms with Gasteiger partial charge in [-0.2, -0.15) is 0 Å². The summed E-state index contributed by atoms with van der Waals surface area (Å²) in [7, 11) is 0. The first-order chi connectivity index (χ1) is 8.52. The molecule has 0 radical (unpaired) electrons. The van der Waals surface area contributed by atoms with Crippen molar-refractivity contribution in [3.05, 3.63) is 29.8 Å². The third kappa shape index (κ3) is 3.03. The second-order valence-electron chi connectivity index (χ2n) is 5.90. The van der Waals surface area contributed by atoms with Gasteiger partial charge in [-0.05, 0) is 38.8 Å². The Labute approximate surface area is 110 Å². The first-order valence-electron chi connectivity index (χ1n) is 6.71. The Kier molecular flexibility index (Phi) is 3.93. The van der Waals surface area contributed by atoms with Crippen molar-refractivity contribution in [2.75, 3.05) is 24.6 Å². The SMILES string of the molecule is Cc1ccccc1N1CC(CCO)NC(C)(C)C1. The van der Waals surface area contributed by atoms with Gasteiger partial charge in [-0.3, -0.25) is 0 Å². The smallest absolute Gasteiger partial charge is 0.0446 e. The van der Waals surface area contributed by atoms with Gasteiger partial charge in [0, 0.05) is 37.0 Å². The molecular formula is C15H24N2O. The molecule has 3 heteroatoms. The normalized spacial score (nSPS) is 23.1. The molecular weight excluding hydrogens is 224 g/mol. The standard InChI is InChI=1S/C15H24N2O/c1-12-6-4-5-7-14(12)17-10-13(8-9-18)16-15(2,3)11-17/h4-7,13,16,18H,8-11H2,1-3H3. The highest BCUT2D eigenvalue weighted by molar-refractivity contribution is 5.54. The Morgan fingerprint density at radius 1 is 1.39 bits per heavy atom. The van der Waals surface area contributed by atoms with Gasteiger partial charge in [0.05, 0.1) is 0 Å². The lowest BCUT2D eigenvalue weighted by atomic mass is 9.96. The number of hydrogen-bond acceptors (Lipinski definition) is 3. The summed E-state index contributed by atoms with van der Waals surface area (Å²) < 4.78 is 0. The summed E-state index contributed by atoms with van der Waals surface area (Å²) in [6.07, 6.45) is 0.811. The van der Waals surface area contributed by atoms with Crippen LogP contribution in [-0.4, -0.2) is 36.4 Å². The molecule has 2 N–H and O–H groups in total. The zero-order chi connectivity index (χ0) is 13.2. The third-order valence-corrected chi connectivity index (χ3v) is 3.56. The van der Waals surface area contributed by atoms with Crippen LogP contribution in [0.1, 0.15) is 25.8 Å². The molecule has 1 aromatic rings. The molecule has 1 atom stereocenters. The average molecular weight is 248 g/mol. The maximum Gasteiger partial charge on any atom is 0.0446 e. The van der Waals surface area contributed by atoms with Crippen molar-refractivity contribution in [2.45, 2.75) is 38.8 Å². The van der Waals surface area contributed by atoms with Gasteiger partial charge in [0.25, 0.3) is 0 Å². The number of anilines is 1. The van der Waals surface area contributed by atoms with E-state index in [4.69, 9.17) is 5.11 Å². The predicted octanol–water partition coefficient (Wildman–Crippen LogP) is 1.93. The van der Waals surface area contributed by atoms with Crippen LogP contribution < -0.4 is 10.2 Å². The molecule has 1 aliphatic rings. The summed E-state index contributed by atoms with van der Waals surface area (Å²) in [4.78, 5) is 2.44. The van der Waals surface area contributed by atoms with Crippen LogP contribution in [0, 0.1) is 6.92 Å². The van der Waals surface area contributed by atoms with E-state index >= 15 is 0 Å². The van der Waals surface area contributed by atoms with Gasteiger partial charge in [0.15, 0.2) is 0 Å². The minimum atomic E-state index is 0.0837.